The lowest BCUT2D eigenvalue weighted by molar-refractivity contribution is -0.202. The average Bonchev–Trinajstić information content (AvgIpc) is 3.51. The van der Waals surface area contributed by atoms with Crippen LogP contribution in [0.1, 0.15) is 25.7 Å². The molecule has 3 aromatic rings. The van der Waals surface area contributed by atoms with E-state index in [1.165, 1.54) is 14.7 Å². The zero-order chi connectivity index (χ0) is 26.8. The van der Waals surface area contributed by atoms with Gasteiger partial charge < -0.3 is 9.66 Å². The Balaban J connectivity index is 0.000000176. The van der Waals surface area contributed by atoms with Crippen molar-refractivity contribution in [1.29, 1.82) is 0 Å². The van der Waals surface area contributed by atoms with E-state index in [9.17, 15) is 35.6 Å². The fraction of sp³-hybridized carbons (Fsp3) is 0.333. The van der Waals surface area contributed by atoms with E-state index in [1.807, 2.05) is 24.3 Å². The predicted molar refractivity (Wildman–Crippen MR) is 132 cm³/mol. The Bertz CT molecular complexity index is 1250. The second-order valence-electron chi connectivity index (χ2n) is 9.30. The Morgan fingerprint density at radius 2 is 1.24 bits per heavy atom. The summed E-state index contributed by atoms with van der Waals surface area (Å²) < 4.78 is 84.0. The highest BCUT2D eigenvalue weighted by Crippen LogP contribution is 2.58. The second-order valence-corrected chi connectivity index (χ2v) is 12.7. The molecule has 2 aliphatic rings. The van der Waals surface area contributed by atoms with Crippen molar-refractivity contribution in [3.05, 3.63) is 84.9 Å². The fourth-order valence-corrected chi connectivity index (χ4v) is 7.74. The quantitative estimate of drug-likeness (QED) is 0.209. The number of hydrogen-bond donors (Lipinski definition) is 1. The predicted octanol–water partition coefficient (Wildman–Crippen LogP) is 6.68. The van der Waals surface area contributed by atoms with Crippen molar-refractivity contribution in [1.82, 2.24) is 0 Å². The third kappa shape index (κ3) is 5.66. The van der Waals surface area contributed by atoms with E-state index < -0.39 is 33.1 Å². The first-order valence-electron chi connectivity index (χ1n) is 11.8. The maximum atomic E-state index is 13.5. The molecule has 4 nitrogen and oxygen atoms in total. The van der Waals surface area contributed by atoms with Gasteiger partial charge in [0.15, 0.2) is 24.8 Å². The van der Waals surface area contributed by atoms with Crippen LogP contribution in [0.5, 0.6) is 5.75 Å². The van der Waals surface area contributed by atoms with Crippen molar-refractivity contribution in [2.45, 2.75) is 51.5 Å². The Kier molecular flexibility index (Phi) is 7.92. The van der Waals surface area contributed by atoms with E-state index in [1.54, 1.807) is 12.1 Å². The summed E-state index contributed by atoms with van der Waals surface area (Å²) in [5.41, 5.74) is 0. The summed E-state index contributed by atoms with van der Waals surface area (Å²) >= 11 is 0. The molecule has 3 unspecified atom stereocenters. The summed E-state index contributed by atoms with van der Waals surface area (Å²) in [6, 6.07) is 28.5. The first kappa shape index (κ1) is 27.5. The Morgan fingerprint density at radius 3 is 1.65 bits per heavy atom. The van der Waals surface area contributed by atoms with E-state index in [-0.39, 0.29) is 23.2 Å². The first-order valence-corrected chi connectivity index (χ1v) is 14.4. The molecule has 3 atom stereocenters. The molecule has 0 saturated heterocycles. The number of rotatable bonds is 6. The number of halogens is 4. The van der Waals surface area contributed by atoms with Crippen LogP contribution in [0, 0.1) is 17.8 Å². The third-order valence-corrected chi connectivity index (χ3v) is 10.1. The summed E-state index contributed by atoms with van der Waals surface area (Å²) in [5.74, 6) is -6.80. The number of benzene rings is 3. The topological polar surface area (TPSA) is 77.4 Å². The van der Waals surface area contributed by atoms with Crippen molar-refractivity contribution in [2.75, 3.05) is 0 Å². The van der Waals surface area contributed by atoms with Crippen LogP contribution in [0.15, 0.2) is 99.6 Å². The lowest BCUT2D eigenvalue weighted by Gasteiger charge is -2.36. The summed E-state index contributed by atoms with van der Waals surface area (Å²) in [5, 5.41) is 3.96. The van der Waals surface area contributed by atoms with Crippen molar-refractivity contribution >= 4 is 21.0 Å². The molecule has 0 radical (unpaired) electrons. The first-order chi connectivity index (χ1) is 17.4. The molecule has 1 N–H and O–H groups in total. The smallest absolute Gasteiger partial charge is 0.396 e. The summed E-state index contributed by atoms with van der Waals surface area (Å²) in [7, 11) is -6.48. The van der Waals surface area contributed by atoms with E-state index in [4.69, 9.17) is 0 Å². The standard InChI is InChI=1S/C18H14OS.C9H12F4O3S/c19-15-11-13-18(14-12-15)20(16-7-3-1-4-8-16)17-9-5-2-6-10-17;10-8(11,9(12,13)17(14,15)16)7-4-5-1-2-6(7)3-5/h1-14H;5-7H,1-4H2,(H,14,15,16). The number of phenols is 1. The lowest BCUT2D eigenvalue weighted by atomic mass is 9.84. The van der Waals surface area contributed by atoms with Crippen LogP contribution >= 0.6 is 0 Å². The molecular weight excluding hydrogens is 528 g/mol. The van der Waals surface area contributed by atoms with Gasteiger partial charge >= 0.3 is 11.2 Å². The number of alkyl halides is 4. The van der Waals surface area contributed by atoms with E-state index in [0.29, 0.717) is 25.0 Å². The Hall–Kier alpha value is -2.56. The van der Waals surface area contributed by atoms with Gasteiger partial charge in [0.1, 0.15) is 5.75 Å². The molecule has 0 amide bonds. The fourth-order valence-electron chi connectivity index (χ4n) is 5.17. The summed E-state index contributed by atoms with van der Waals surface area (Å²) in [4.78, 5) is 3.77. The molecule has 10 heteroatoms. The Labute approximate surface area is 216 Å². The van der Waals surface area contributed by atoms with Gasteiger partial charge in [-0.25, -0.2) is 8.42 Å². The van der Waals surface area contributed by atoms with E-state index >= 15 is 0 Å². The van der Waals surface area contributed by atoms with Gasteiger partial charge in [0.05, 0.1) is 10.9 Å². The second kappa shape index (κ2) is 10.7. The van der Waals surface area contributed by atoms with Crippen molar-refractivity contribution in [3.8, 4) is 5.75 Å². The van der Waals surface area contributed by atoms with Crippen LogP contribution in [0.2, 0.25) is 0 Å². The molecule has 0 heterocycles. The van der Waals surface area contributed by atoms with Crippen molar-refractivity contribution in [3.63, 3.8) is 0 Å². The summed E-state index contributed by atoms with van der Waals surface area (Å²) in [6.45, 7) is 0. The number of aromatic hydroxyl groups is 1. The molecule has 198 valence electrons. The van der Waals surface area contributed by atoms with Gasteiger partial charge in [-0.2, -0.15) is 17.6 Å². The highest BCUT2D eigenvalue weighted by molar-refractivity contribution is 7.97. The number of fused-ring (bicyclic) bond motifs is 2. The molecule has 5 rings (SSSR count). The molecule has 2 bridgehead atoms. The summed E-state index contributed by atoms with van der Waals surface area (Å²) in [6.07, 6.45) is 1.42. The van der Waals surface area contributed by atoms with Crippen molar-refractivity contribution in [2.24, 2.45) is 17.8 Å². The minimum absolute atomic E-state index is 0.0407. The van der Waals surface area contributed by atoms with Crippen LogP contribution in [0.25, 0.3) is 0 Å². The zero-order valence-electron chi connectivity index (χ0n) is 19.6. The largest absolute Gasteiger partial charge is 0.743 e. The maximum absolute atomic E-state index is 13.5. The average molecular weight is 555 g/mol. The molecule has 0 spiro atoms. The molecule has 0 aliphatic heterocycles. The van der Waals surface area contributed by atoms with Gasteiger partial charge in [0, 0.05) is 5.92 Å². The normalized spacial score (nSPS) is 21.5. The SMILES string of the molecule is O=S(=O)([O-])C(F)(F)C(F)(F)C1CC2CCC1C2.Oc1ccc([S+](c2ccccc2)c2ccccc2)cc1. The molecular formula is C27H26F4O4S2. The minimum atomic E-state index is -6.35. The van der Waals surface area contributed by atoms with Crippen molar-refractivity contribution < 1.29 is 35.6 Å². The van der Waals surface area contributed by atoms with Crippen LogP contribution in [0.4, 0.5) is 17.6 Å². The molecule has 2 saturated carbocycles. The van der Waals surface area contributed by atoms with E-state index in [0.717, 1.165) is 0 Å². The molecule has 0 aromatic heterocycles. The number of hydrogen-bond acceptors (Lipinski definition) is 4. The van der Waals surface area contributed by atoms with Crippen LogP contribution in [-0.2, 0) is 21.0 Å². The monoisotopic (exact) mass is 554 g/mol. The Morgan fingerprint density at radius 1 is 0.757 bits per heavy atom. The van der Waals surface area contributed by atoms with Gasteiger partial charge in [-0.1, -0.05) is 42.8 Å². The third-order valence-electron chi connectivity index (χ3n) is 6.94. The van der Waals surface area contributed by atoms with Gasteiger partial charge in [-0.15, -0.1) is 0 Å². The molecule has 3 aromatic carbocycles. The highest BCUT2D eigenvalue weighted by atomic mass is 32.2. The van der Waals surface area contributed by atoms with E-state index in [2.05, 4.69) is 48.5 Å². The van der Waals surface area contributed by atoms with Gasteiger partial charge in [-0.05, 0) is 79.6 Å². The highest BCUT2D eigenvalue weighted by Gasteiger charge is 2.68. The molecule has 2 fully saturated rings. The zero-order valence-corrected chi connectivity index (χ0v) is 21.3. The molecule has 37 heavy (non-hydrogen) atoms. The minimum Gasteiger partial charge on any atom is -0.743 e. The molecule has 2 aliphatic carbocycles. The van der Waals surface area contributed by atoms with Crippen LogP contribution < -0.4 is 0 Å². The van der Waals surface area contributed by atoms with Gasteiger partial charge in [-0.3, -0.25) is 0 Å². The van der Waals surface area contributed by atoms with Crippen LogP contribution in [-0.4, -0.2) is 29.3 Å². The lowest BCUT2D eigenvalue weighted by Crippen LogP contribution is -2.52. The van der Waals surface area contributed by atoms with Gasteiger partial charge in [0.25, 0.3) is 0 Å². The maximum Gasteiger partial charge on any atom is 0.396 e. The van der Waals surface area contributed by atoms with Crippen LogP contribution in [0.3, 0.4) is 0 Å². The van der Waals surface area contributed by atoms with Gasteiger partial charge in [0.2, 0.25) is 0 Å². The number of phenolic OH excluding ortho intramolecular Hbond substituents is 1.